The Morgan fingerprint density at radius 2 is 1.95 bits per heavy atom. The first-order chi connectivity index (χ1) is 9.66. The number of hydrogen-bond acceptors (Lipinski definition) is 3. The van der Waals surface area contributed by atoms with Crippen molar-refractivity contribution in [3.8, 4) is 0 Å². The fraction of sp³-hybridized carbons (Fsp3) is 0.143. The Morgan fingerprint density at radius 3 is 2.65 bits per heavy atom. The number of benzene rings is 1. The van der Waals surface area contributed by atoms with Gasteiger partial charge in [0.25, 0.3) is 0 Å². The van der Waals surface area contributed by atoms with Crippen molar-refractivity contribution < 1.29 is 9.90 Å². The van der Waals surface area contributed by atoms with Crippen molar-refractivity contribution >= 4 is 23.3 Å². The highest BCUT2D eigenvalue weighted by atomic mass is 35.5. The number of rotatable bonds is 4. The first kappa shape index (κ1) is 14.3. The number of amides is 2. The standard InChI is InChI=1S/C14H14ClN3O2/c15-12-4-2-1-3-11(12)13(19)9-17-14(20)18-10-5-7-16-8-6-10/h1-8,13,19H,9H2,(H2,16,17,18,20). The Hall–Kier alpha value is -2.11. The van der Waals surface area contributed by atoms with Crippen LogP contribution in [0.2, 0.25) is 5.02 Å². The van der Waals surface area contributed by atoms with Gasteiger partial charge >= 0.3 is 6.03 Å². The molecule has 0 saturated heterocycles. The predicted molar refractivity (Wildman–Crippen MR) is 77.7 cm³/mol. The van der Waals surface area contributed by atoms with Crippen LogP contribution in [0.25, 0.3) is 0 Å². The van der Waals surface area contributed by atoms with Crippen LogP contribution in [-0.2, 0) is 0 Å². The fourth-order valence-corrected chi connectivity index (χ4v) is 1.92. The summed E-state index contributed by atoms with van der Waals surface area (Å²) in [5.41, 5.74) is 1.21. The average Bonchev–Trinajstić information content (AvgIpc) is 2.46. The van der Waals surface area contributed by atoms with Gasteiger partial charge in [0.1, 0.15) is 0 Å². The quantitative estimate of drug-likeness (QED) is 0.810. The first-order valence-electron chi connectivity index (χ1n) is 6.04. The maximum absolute atomic E-state index is 11.6. The summed E-state index contributed by atoms with van der Waals surface area (Å²) in [7, 11) is 0. The van der Waals surface area contributed by atoms with E-state index in [1.54, 1.807) is 48.8 Å². The summed E-state index contributed by atoms with van der Waals surface area (Å²) >= 11 is 5.97. The van der Waals surface area contributed by atoms with E-state index in [9.17, 15) is 9.90 Å². The van der Waals surface area contributed by atoms with E-state index in [1.807, 2.05) is 0 Å². The SMILES string of the molecule is O=C(NCC(O)c1ccccc1Cl)Nc1ccncc1. The van der Waals surface area contributed by atoms with Crippen molar-refractivity contribution in [2.75, 3.05) is 11.9 Å². The second kappa shape index (κ2) is 6.88. The number of urea groups is 1. The number of aromatic nitrogens is 1. The molecule has 1 unspecified atom stereocenters. The van der Waals surface area contributed by atoms with E-state index in [2.05, 4.69) is 15.6 Å². The molecule has 1 aromatic carbocycles. The molecule has 5 nitrogen and oxygen atoms in total. The smallest absolute Gasteiger partial charge is 0.319 e. The average molecular weight is 292 g/mol. The number of carbonyl (C=O) groups excluding carboxylic acids is 1. The van der Waals surface area contributed by atoms with Crippen LogP contribution >= 0.6 is 11.6 Å². The summed E-state index contributed by atoms with van der Waals surface area (Å²) in [5.74, 6) is 0. The van der Waals surface area contributed by atoms with Gasteiger partial charge in [-0.05, 0) is 18.2 Å². The molecule has 1 atom stereocenters. The molecule has 1 aromatic heterocycles. The lowest BCUT2D eigenvalue weighted by atomic mass is 10.1. The lowest BCUT2D eigenvalue weighted by Gasteiger charge is -2.14. The van der Waals surface area contributed by atoms with Crippen LogP contribution in [0.3, 0.4) is 0 Å². The Labute approximate surface area is 121 Å². The topological polar surface area (TPSA) is 74.2 Å². The first-order valence-corrected chi connectivity index (χ1v) is 6.42. The van der Waals surface area contributed by atoms with Gasteiger partial charge in [0, 0.05) is 35.2 Å². The number of halogens is 1. The van der Waals surface area contributed by atoms with Gasteiger partial charge in [-0.2, -0.15) is 0 Å². The molecule has 20 heavy (non-hydrogen) atoms. The Morgan fingerprint density at radius 1 is 1.25 bits per heavy atom. The number of aliphatic hydroxyl groups is 1. The molecule has 2 rings (SSSR count). The molecule has 3 N–H and O–H groups in total. The molecule has 2 amide bonds. The van der Waals surface area contributed by atoms with Crippen LogP contribution in [-0.4, -0.2) is 22.7 Å². The normalized spacial score (nSPS) is 11.7. The zero-order chi connectivity index (χ0) is 14.4. The lowest BCUT2D eigenvalue weighted by molar-refractivity contribution is 0.175. The van der Waals surface area contributed by atoms with Crippen LogP contribution in [0.5, 0.6) is 0 Å². The van der Waals surface area contributed by atoms with Gasteiger partial charge in [-0.15, -0.1) is 0 Å². The van der Waals surface area contributed by atoms with Crippen LogP contribution < -0.4 is 10.6 Å². The second-order valence-electron chi connectivity index (χ2n) is 4.11. The maximum Gasteiger partial charge on any atom is 0.319 e. The van der Waals surface area contributed by atoms with Gasteiger partial charge in [-0.25, -0.2) is 4.79 Å². The number of carbonyl (C=O) groups is 1. The number of pyridine rings is 1. The van der Waals surface area contributed by atoms with E-state index < -0.39 is 12.1 Å². The van der Waals surface area contributed by atoms with E-state index in [4.69, 9.17) is 11.6 Å². The van der Waals surface area contributed by atoms with E-state index in [0.29, 0.717) is 16.3 Å². The molecule has 0 bridgehead atoms. The van der Waals surface area contributed by atoms with Crippen LogP contribution in [0.1, 0.15) is 11.7 Å². The third kappa shape index (κ3) is 3.94. The monoisotopic (exact) mass is 291 g/mol. The second-order valence-corrected chi connectivity index (χ2v) is 4.52. The summed E-state index contributed by atoms with van der Waals surface area (Å²) in [6, 6.07) is 9.91. The molecule has 2 aromatic rings. The molecule has 0 saturated carbocycles. The molecule has 104 valence electrons. The van der Waals surface area contributed by atoms with Gasteiger partial charge < -0.3 is 15.7 Å². The van der Waals surface area contributed by atoms with Gasteiger partial charge in [0.15, 0.2) is 0 Å². The van der Waals surface area contributed by atoms with Crippen molar-refractivity contribution in [3.05, 3.63) is 59.4 Å². The summed E-state index contributed by atoms with van der Waals surface area (Å²) in [6.45, 7) is 0.0701. The van der Waals surface area contributed by atoms with Crippen LogP contribution in [0.4, 0.5) is 10.5 Å². The van der Waals surface area contributed by atoms with E-state index >= 15 is 0 Å². The van der Waals surface area contributed by atoms with Crippen molar-refractivity contribution in [1.29, 1.82) is 0 Å². The van der Waals surface area contributed by atoms with Crippen molar-refractivity contribution in [3.63, 3.8) is 0 Å². The number of nitrogens with one attached hydrogen (secondary N) is 2. The lowest BCUT2D eigenvalue weighted by Crippen LogP contribution is -2.32. The molecule has 0 fully saturated rings. The van der Waals surface area contributed by atoms with Gasteiger partial charge in [-0.1, -0.05) is 29.8 Å². The fourth-order valence-electron chi connectivity index (χ4n) is 1.66. The van der Waals surface area contributed by atoms with Crippen LogP contribution in [0.15, 0.2) is 48.8 Å². The number of aliphatic hydroxyl groups excluding tert-OH is 1. The van der Waals surface area contributed by atoms with Crippen molar-refractivity contribution in [2.45, 2.75) is 6.10 Å². The molecule has 6 heteroatoms. The predicted octanol–water partition coefficient (Wildman–Crippen LogP) is 2.59. The zero-order valence-corrected chi connectivity index (χ0v) is 11.3. The van der Waals surface area contributed by atoms with E-state index in [0.717, 1.165) is 0 Å². The van der Waals surface area contributed by atoms with Crippen LogP contribution in [0, 0.1) is 0 Å². The molecular formula is C14H14ClN3O2. The minimum atomic E-state index is -0.855. The highest BCUT2D eigenvalue weighted by Gasteiger charge is 2.12. The third-order valence-corrected chi connectivity index (χ3v) is 3.00. The Bertz CT molecular complexity index is 578. The van der Waals surface area contributed by atoms with Gasteiger partial charge in [-0.3, -0.25) is 4.98 Å². The van der Waals surface area contributed by atoms with Gasteiger partial charge in [0.2, 0.25) is 0 Å². The Balaban J connectivity index is 1.86. The van der Waals surface area contributed by atoms with E-state index in [1.165, 1.54) is 0 Å². The Kier molecular flexibility index (Phi) is 4.92. The maximum atomic E-state index is 11.6. The summed E-state index contributed by atoms with van der Waals surface area (Å²) < 4.78 is 0. The molecule has 1 heterocycles. The van der Waals surface area contributed by atoms with Gasteiger partial charge in [0.05, 0.1) is 6.10 Å². The largest absolute Gasteiger partial charge is 0.387 e. The highest BCUT2D eigenvalue weighted by Crippen LogP contribution is 2.21. The molecular weight excluding hydrogens is 278 g/mol. The summed E-state index contributed by atoms with van der Waals surface area (Å²) in [6.07, 6.45) is 2.30. The minimum Gasteiger partial charge on any atom is -0.387 e. The molecule has 0 radical (unpaired) electrons. The van der Waals surface area contributed by atoms with Crippen molar-refractivity contribution in [1.82, 2.24) is 10.3 Å². The van der Waals surface area contributed by atoms with Crippen molar-refractivity contribution in [2.24, 2.45) is 0 Å². The molecule has 0 spiro atoms. The molecule has 0 aliphatic rings. The summed E-state index contributed by atoms with van der Waals surface area (Å²) in [5, 5.41) is 15.7. The number of hydrogen-bond donors (Lipinski definition) is 3. The third-order valence-electron chi connectivity index (χ3n) is 2.66. The van der Waals surface area contributed by atoms with E-state index in [-0.39, 0.29) is 6.54 Å². The summed E-state index contributed by atoms with van der Waals surface area (Å²) in [4.78, 5) is 15.5. The molecule has 0 aliphatic carbocycles. The highest BCUT2D eigenvalue weighted by molar-refractivity contribution is 6.31. The molecule has 0 aliphatic heterocycles. The minimum absolute atomic E-state index is 0.0701. The number of nitrogens with zero attached hydrogens (tertiary/aromatic N) is 1. The number of anilines is 1. The zero-order valence-electron chi connectivity index (χ0n) is 10.6.